The van der Waals surface area contributed by atoms with Gasteiger partial charge in [0.2, 0.25) is 0 Å². The van der Waals surface area contributed by atoms with Crippen molar-refractivity contribution in [1.29, 1.82) is 0 Å². The number of carboxylic acid groups (broad SMARTS) is 1. The Bertz CT molecular complexity index is 624. The highest BCUT2D eigenvalue weighted by Crippen LogP contribution is 2.37. The van der Waals surface area contributed by atoms with Crippen LogP contribution in [-0.4, -0.2) is 21.7 Å². The summed E-state index contributed by atoms with van der Waals surface area (Å²) in [4.78, 5) is 10.6. The third-order valence-corrected chi connectivity index (χ3v) is 2.96. The number of halogens is 3. The minimum absolute atomic E-state index is 0.0441. The standard InChI is InChI=1S/C12H8F3NO4S/c13-12(14,15)21-9-3-1-7(2-4-9)19-6-8-5-10(11(17)18)16-20-8/h1-5H,6H2,(H,17,18). The first-order valence-corrected chi connectivity index (χ1v) is 6.32. The van der Waals surface area contributed by atoms with E-state index in [2.05, 4.69) is 5.16 Å². The Labute approximate surface area is 120 Å². The first-order valence-electron chi connectivity index (χ1n) is 5.51. The third kappa shape index (κ3) is 4.71. The number of aromatic nitrogens is 1. The van der Waals surface area contributed by atoms with Gasteiger partial charge in [-0.3, -0.25) is 0 Å². The molecule has 0 saturated heterocycles. The van der Waals surface area contributed by atoms with Crippen LogP contribution in [0.2, 0.25) is 0 Å². The van der Waals surface area contributed by atoms with E-state index >= 15 is 0 Å². The molecule has 0 radical (unpaired) electrons. The topological polar surface area (TPSA) is 72.6 Å². The highest BCUT2D eigenvalue weighted by molar-refractivity contribution is 8.00. The molecule has 1 N–H and O–H groups in total. The quantitative estimate of drug-likeness (QED) is 0.850. The predicted molar refractivity (Wildman–Crippen MR) is 66.1 cm³/mol. The van der Waals surface area contributed by atoms with Gasteiger partial charge in [0.25, 0.3) is 0 Å². The van der Waals surface area contributed by atoms with E-state index in [-0.39, 0.29) is 34.7 Å². The second-order valence-corrected chi connectivity index (χ2v) is 4.93. The first kappa shape index (κ1) is 15.2. The lowest BCUT2D eigenvalue weighted by Crippen LogP contribution is -1.99. The van der Waals surface area contributed by atoms with Gasteiger partial charge in [-0.2, -0.15) is 13.2 Å². The van der Waals surface area contributed by atoms with E-state index in [4.69, 9.17) is 14.4 Å². The zero-order valence-corrected chi connectivity index (χ0v) is 11.1. The minimum atomic E-state index is -4.34. The fourth-order valence-corrected chi connectivity index (χ4v) is 1.91. The van der Waals surface area contributed by atoms with E-state index in [1.165, 1.54) is 30.3 Å². The second-order valence-electron chi connectivity index (χ2n) is 3.79. The summed E-state index contributed by atoms with van der Waals surface area (Å²) in [6, 6.07) is 6.51. The van der Waals surface area contributed by atoms with Gasteiger partial charge in [0.1, 0.15) is 12.4 Å². The molecule has 0 unspecified atom stereocenters. The van der Waals surface area contributed by atoms with Crippen LogP contribution in [0.25, 0.3) is 0 Å². The van der Waals surface area contributed by atoms with E-state index in [0.717, 1.165) is 0 Å². The average Bonchev–Trinajstić information content (AvgIpc) is 2.85. The summed E-state index contributed by atoms with van der Waals surface area (Å²) in [5.74, 6) is -0.700. The van der Waals surface area contributed by atoms with Gasteiger partial charge < -0.3 is 14.4 Å². The van der Waals surface area contributed by atoms with Crippen molar-refractivity contribution < 1.29 is 32.3 Å². The summed E-state index contributed by atoms with van der Waals surface area (Å²) >= 11 is -0.219. The number of rotatable bonds is 5. The van der Waals surface area contributed by atoms with Gasteiger partial charge in [0.15, 0.2) is 11.5 Å². The lowest BCUT2D eigenvalue weighted by molar-refractivity contribution is -0.0328. The Morgan fingerprint density at radius 3 is 2.52 bits per heavy atom. The molecule has 0 atom stereocenters. The Kier molecular flexibility index (Phi) is 4.41. The molecular weight excluding hydrogens is 311 g/mol. The molecule has 1 aromatic heterocycles. The average molecular weight is 319 g/mol. The van der Waals surface area contributed by atoms with Gasteiger partial charge in [-0.1, -0.05) is 5.16 Å². The molecule has 112 valence electrons. The van der Waals surface area contributed by atoms with Crippen LogP contribution >= 0.6 is 11.8 Å². The number of thioether (sulfide) groups is 1. The third-order valence-electron chi connectivity index (χ3n) is 2.22. The molecule has 0 aliphatic carbocycles. The number of carbonyl (C=O) groups is 1. The number of ether oxygens (including phenoxy) is 1. The molecule has 1 heterocycles. The normalized spacial score (nSPS) is 11.4. The summed E-state index contributed by atoms with van der Waals surface area (Å²) in [5, 5.41) is 11.9. The first-order chi connectivity index (χ1) is 9.83. The maximum atomic E-state index is 12.1. The van der Waals surface area contributed by atoms with Gasteiger partial charge in [-0.05, 0) is 36.0 Å². The molecule has 0 aliphatic rings. The largest absolute Gasteiger partial charge is 0.486 e. The van der Waals surface area contributed by atoms with Crippen LogP contribution in [0.5, 0.6) is 5.75 Å². The smallest absolute Gasteiger partial charge is 0.446 e. The van der Waals surface area contributed by atoms with Crippen molar-refractivity contribution in [2.75, 3.05) is 0 Å². The van der Waals surface area contributed by atoms with Gasteiger partial charge >= 0.3 is 11.5 Å². The van der Waals surface area contributed by atoms with E-state index in [1.54, 1.807) is 0 Å². The van der Waals surface area contributed by atoms with Crippen LogP contribution in [-0.2, 0) is 6.61 Å². The Morgan fingerprint density at radius 1 is 1.33 bits per heavy atom. The maximum absolute atomic E-state index is 12.1. The van der Waals surface area contributed by atoms with Crippen LogP contribution in [0.1, 0.15) is 16.2 Å². The SMILES string of the molecule is O=C(O)c1cc(COc2ccc(SC(F)(F)F)cc2)on1. The fraction of sp³-hybridized carbons (Fsp3) is 0.167. The maximum Gasteiger partial charge on any atom is 0.446 e. The lowest BCUT2D eigenvalue weighted by atomic mass is 10.3. The zero-order chi connectivity index (χ0) is 15.5. The van der Waals surface area contributed by atoms with Crippen LogP contribution in [0.3, 0.4) is 0 Å². The van der Waals surface area contributed by atoms with Crippen molar-refractivity contribution in [2.45, 2.75) is 17.0 Å². The van der Waals surface area contributed by atoms with Gasteiger partial charge in [0, 0.05) is 11.0 Å². The second kappa shape index (κ2) is 6.08. The number of aromatic carboxylic acids is 1. The van der Waals surface area contributed by atoms with Crippen LogP contribution in [0.15, 0.2) is 39.8 Å². The molecule has 0 fully saturated rings. The van der Waals surface area contributed by atoms with Crippen LogP contribution in [0, 0.1) is 0 Å². The van der Waals surface area contributed by atoms with Crippen molar-refractivity contribution in [3.63, 3.8) is 0 Å². The summed E-state index contributed by atoms with van der Waals surface area (Å²) in [6.07, 6.45) is 0. The fourth-order valence-electron chi connectivity index (χ4n) is 1.37. The highest BCUT2D eigenvalue weighted by atomic mass is 32.2. The number of alkyl halides is 3. The van der Waals surface area contributed by atoms with Crippen molar-refractivity contribution >= 4 is 17.7 Å². The van der Waals surface area contributed by atoms with Gasteiger partial charge in [0.05, 0.1) is 0 Å². The molecule has 2 aromatic rings. The van der Waals surface area contributed by atoms with Crippen LogP contribution in [0.4, 0.5) is 13.2 Å². The van der Waals surface area contributed by atoms with Gasteiger partial charge in [-0.25, -0.2) is 4.79 Å². The summed E-state index contributed by atoms with van der Waals surface area (Å²) in [6.45, 7) is -0.0773. The van der Waals surface area contributed by atoms with Crippen LogP contribution < -0.4 is 4.74 Å². The molecule has 0 saturated carbocycles. The summed E-state index contributed by atoms with van der Waals surface area (Å²) < 4.78 is 46.4. The molecular formula is C12H8F3NO4S. The number of hydrogen-bond acceptors (Lipinski definition) is 5. The van der Waals surface area contributed by atoms with E-state index in [1.807, 2.05) is 0 Å². The molecule has 2 rings (SSSR count). The molecule has 0 bridgehead atoms. The molecule has 0 aliphatic heterocycles. The predicted octanol–water partition coefficient (Wildman–Crippen LogP) is 3.56. The van der Waals surface area contributed by atoms with Crippen molar-refractivity contribution in [1.82, 2.24) is 5.16 Å². The summed E-state index contributed by atoms with van der Waals surface area (Å²) in [7, 11) is 0. The minimum Gasteiger partial charge on any atom is -0.486 e. The molecule has 9 heteroatoms. The Morgan fingerprint density at radius 2 is 2.00 bits per heavy atom. The Balaban J connectivity index is 1.92. The molecule has 1 aromatic carbocycles. The van der Waals surface area contributed by atoms with E-state index < -0.39 is 11.5 Å². The summed E-state index contributed by atoms with van der Waals surface area (Å²) in [5.41, 5.74) is -4.58. The number of hydrogen-bond donors (Lipinski definition) is 1. The number of benzene rings is 1. The van der Waals surface area contributed by atoms with Crippen molar-refractivity contribution in [3.8, 4) is 5.75 Å². The zero-order valence-electron chi connectivity index (χ0n) is 10.3. The van der Waals surface area contributed by atoms with Gasteiger partial charge in [-0.15, -0.1) is 0 Å². The van der Waals surface area contributed by atoms with E-state index in [0.29, 0.717) is 5.75 Å². The Hall–Kier alpha value is -2.16. The monoisotopic (exact) mass is 319 g/mol. The van der Waals surface area contributed by atoms with Crippen molar-refractivity contribution in [2.24, 2.45) is 0 Å². The van der Waals surface area contributed by atoms with Crippen molar-refractivity contribution in [3.05, 3.63) is 41.8 Å². The molecule has 5 nitrogen and oxygen atoms in total. The molecule has 0 spiro atoms. The molecule has 21 heavy (non-hydrogen) atoms. The highest BCUT2D eigenvalue weighted by Gasteiger charge is 2.29. The lowest BCUT2D eigenvalue weighted by Gasteiger charge is -2.07. The number of nitrogens with zero attached hydrogens (tertiary/aromatic N) is 1. The van der Waals surface area contributed by atoms with E-state index in [9.17, 15) is 18.0 Å². The molecule has 0 amide bonds. The number of carboxylic acids is 1.